The van der Waals surface area contributed by atoms with Gasteiger partial charge in [-0.2, -0.15) is 0 Å². The molecule has 0 aromatic rings. The van der Waals surface area contributed by atoms with Crippen molar-refractivity contribution in [1.29, 1.82) is 0 Å². The Kier molecular flexibility index (Phi) is 6.56. The molecule has 3 aliphatic carbocycles. The number of carbonyl (C=O) groups excluding carboxylic acids is 2. The number of hydrogen-bond donors (Lipinski definition) is 0. The summed E-state index contributed by atoms with van der Waals surface area (Å²) in [6, 6.07) is 0. The average Bonchev–Trinajstić information content (AvgIpc) is 3.24. The molecule has 0 aromatic carbocycles. The number of rotatable bonds is 3. The van der Waals surface area contributed by atoms with Crippen LogP contribution in [0.15, 0.2) is 0 Å². The molecule has 3 rings (SSSR count). The molecule has 6 atom stereocenters. The van der Waals surface area contributed by atoms with Crippen LogP contribution in [0.25, 0.3) is 0 Å². The van der Waals surface area contributed by atoms with Crippen molar-refractivity contribution in [3.8, 4) is 0 Å². The standard InChI is InChI=1S/C11H20O4.C10H16/c1-7(9(12)14-6)8(2)10(13)15-11(3,4)5;1-2-9-7-4-5-8(6-7)10(9)3-1/h7-8H,1-6H3;7-10H,1-6H2. The lowest BCUT2D eigenvalue weighted by atomic mass is 9.82. The Morgan fingerprint density at radius 2 is 1.36 bits per heavy atom. The summed E-state index contributed by atoms with van der Waals surface area (Å²) in [5.41, 5.74) is -0.527. The van der Waals surface area contributed by atoms with Crippen LogP contribution in [-0.4, -0.2) is 24.6 Å². The number of ether oxygens (including phenoxy) is 2. The number of carbonyl (C=O) groups is 2. The second kappa shape index (κ2) is 8.09. The molecule has 4 nitrogen and oxygen atoms in total. The second-order valence-electron chi connectivity index (χ2n) is 9.23. The maximum atomic E-state index is 11.6. The molecule has 0 amide bonds. The topological polar surface area (TPSA) is 52.6 Å². The van der Waals surface area contributed by atoms with E-state index in [1.165, 1.54) is 30.8 Å². The van der Waals surface area contributed by atoms with E-state index in [9.17, 15) is 9.59 Å². The lowest BCUT2D eigenvalue weighted by Crippen LogP contribution is -2.33. The minimum absolute atomic E-state index is 0.375. The molecule has 4 heteroatoms. The van der Waals surface area contributed by atoms with Crippen molar-refractivity contribution < 1.29 is 19.1 Å². The Bertz CT molecular complexity index is 463. The third kappa shape index (κ3) is 4.98. The van der Waals surface area contributed by atoms with Crippen molar-refractivity contribution >= 4 is 11.9 Å². The quantitative estimate of drug-likeness (QED) is 0.696. The van der Waals surface area contributed by atoms with Gasteiger partial charge in [0.2, 0.25) is 0 Å². The van der Waals surface area contributed by atoms with Crippen molar-refractivity contribution in [2.75, 3.05) is 7.11 Å². The van der Waals surface area contributed by atoms with Gasteiger partial charge < -0.3 is 9.47 Å². The van der Waals surface area contributed by atoms with E-state index in [-0.39, 0.29) is 5.97 Å². The normalized spacial score (nSPS) is 32.2. The Balaban J connectivity index is 0.000000191. The highest BCUT2D eigenvalue weighted by Gasteiger charge is 2.48. The van der Waals surface area contributed by atoms with Crippen LogP contribution in [-0.2, 0) is 19.1 Å². The summed E-state index contributed by atoms with van der Waals surface area (Å²) < 4.78 is 9.74. The van der Waals surface area contributed by atoms with Gasteiger partial charge >= 0.3 is 11.9 Å². The van der Waals surface area contributed by atoms with Crippen molar-refractivity contribution in [1.82, 2.24) is 0 Å². The number of esters is 2. The predicted octanol–water partition coefficient (Wildman–Crippen LogP) is 4.61. The summed E-state index contributed by atoms with van der Waals surface area (Å²) in [7, 11) is 1.31. The van der Waals surface area contributed by atoms with Crippen molar-refractivity contribution in [2.24, 2.45) is 35.5 Å². The molecule has 0 aliphatic heterocycles. The van der Waals surface area contributed by atoms with Crippen molar-refractivity contribution in [2.45, 2.75) is 78.7 Å². The van der Waals surface area contributed by atoms with E-state index in [0.29, 0.717) is 0 Å². The Morgan fingerprint density at radius 1 is 0.880 bits per heavy atom. The molecule has 3 saturated carbocycles. The molecule has 2 bridgehead atoms. The third-order valence-electron chi connectivity index (χ3n) is 6.45. The van der Waals surface area contributed by atoms with Crippen LogP contribution >= 0.6 is 0 Å². The fraction of sp³-hybridized carbons (Fsp3) is 0.905. The van der Waals surface area contributed by atoms with Crippen LogP contribution in [0, 0.1) is 35.5 Å². The zero-order valence-corrected chi connectivity index (χ0v) is 16.8. The summed E-state index contributed by atoms with van der Waals surface area (Å²) in [6.07, 6.45) is 9.53. The van der Waals surface area contributed by atoms with E-state index in [1.807, 2.05) is 0 Å². The number of hydrogen-bond acceptors (Lipinski definition) is 4. The van der Waals surface area contributed by atoms with E-state index >= 15 is 0 Å². The lowest BCUT2D eigenvalue weighted by Gasteiger charge is -2.24. The highest BCUT2D eigenvalue weighted by molar-refractivity contribution is 5.81. The molecule has 6 unspecified atom stereocenters. The first-order valence-electron chi connectivity index (χ1n) is 9.94. The van der Waals surface area contributed by atoms with Crippen LogP contribution in [0.5, 0.6) is 0 Å². The minimum atomic E-state index is -0.527. The molecular weight excluding hydrogens is 316 g/mol. The maximum absolute atomic E-state index is 11.6. The van der Waals surface area contributed by atoms with Crippen LogP contribution in [0.4, 0.5) is 0 Å². The Morgan fingerprint density at radius 3 is 1.80 bits per heavy atom. The van der Waals surface area contributed by atoms with Gasteiger partial charge in [0, 0.05) is 0 Å². The maximum Gasteiger partial charge on any atom is 0.310 e. The van der Waals surface area contributed by atoms with Crippen LogP contribution in [0.3, 0.4) is 0 Å². The second-order valence-corrected chi connectivity index (χ2v) is 9.23. The fourth-order valence-corrected chi connectivity index (χ4v) is 5.01. The highest BCUT2D eigenvalue weighted by Crippen LogP contribution is 2.58. The SMILES string of the molecule is C1CC2C3CCC(C3)C2C1.COC(=O)C(C)C(C)C(=O)OC(C)(C)C. The molecular formula is C21H36O4. The predicted molar refractivity (Wildman–Crippen MR) is 97.9 cm³/mol. The Labute approximate surface area is 153 Å². The molecule has 0 heterocycles. The molecule has 3 fully saturated rings. The highest BCUT2D eigenvalue weighted by atomic mass is 16.6. The summed E-state index contributed by atoms with van der Waals surface area (Å²) >= 11 is 0. The smallest absolute Gasteiger partial charge is 0.310 e. The molecule has 0 saturated heterocycles. The van der Waals surface area contributed by atoms with Gasteiger partial charge in [0.15, 0.2) is 0 Å². The zero-order chi connectivity index (χ0) is 18.8. The van der Waals surface area contributed by atoms with E-state index in [2.05, 4.69) is 4.74 Å². The first-order chi connectivity index (χ1) is 11.6. The monoisotopic (exact) mass is 352 g/mol. The summed E-state index contributed by atoms with van der Waals surface area (Å²) in [6.45, 7) is 8.69. The van der Waals surface area contributed by atoms with Gasteiger partial charge in [-0.05, 0) is 76.5 Å². The Hall–Kier alpha value is -1.06. The lowest BCUT2D eigenvalue weighted by molar-refractivity contribution is -0.166. The number of fused-ring (bicyclic) bond motifs is 5. The molecule has 25 heavy (non-hydrogen) atoms. The molecule has 0 spiro atoms. The van der Waals surface area contributed by atoms with Gasteiger partial charge in [-0.3, -0.25) is 9.59 Å². The van der Waals surface area contributed by atoms with Crippen molar-refractivity contribution in [3.63, 3.8) is 0 Å². The van der Waals surface area contributed by atoms with E-state index in [0.717, 1.165) is 0 Å². The minimum Gasteiger partial charge on any atom is -0.469 e. The molecule has 0 aromatic heterocycles. The summed E-state index contributed by atoms with van der Waals surface area (Å²) in [5, 5.41) is 0. The summed E-state index contributed by atoms with van der Waals surface area (Å²) in [5.74, 6) is 3.06. The number of methoxy groups -OCH3 is 1. The van der Waals surface area contributed by atoms with Gasteiger partial charge in [-0.15, -0.1) is 0 Å². The average molecular weight is 353 g/mol. The third-order valence-corrected chi connectivity index (χ3v) is 6.45. The molecule has 0 radical (unpaired) electrons. The zero-order valence-electron chi connectivity index (χ0n) is 16.8. The van der Waals surface area contributed by atoms with Gasteiger partial charge in [0.25, 0.3) is 0 Å². The van der Waals surface area contributed by atoms with Gasteiger partial charge in [-0.25, -0.2) is 0 Å². The molecule has 0 N–H and O–H groups in total. The summed E-state index contributed by atoms with van der Waals surface area (Å²) in [4.78, 5) is 22.8. The van der Waals surface area contributed by atoms with Crippen LogP contribution in [0.1, 0.15) is 73.1 Å². The van der Waals surface area contributed by atoms with Gasteiger partial charge in [-0.1, -0.05) is 20.3 Å². The van der Waals surface area contributed by atoms with Crippen LogP contribution < -0.4 is 0 Å². The van der Waals surface area contributed by atoms with Crippen molar-refractivity contribution in [3.05, 3.63) is 0 Å². The fourth-order valence-electron chi connectivity index (χ4n) is 5.01. The van der Waals surface area contributed by atoms with Gasteiger partial charge in [0.1, 0.15) is 5.60 Å². The molecule has 144 valence electrons. The van der Waals surface area contributed by atoms with E-state index < -0.39 is 23.4 Å². The first kappa shape index (κ1) is 20.3. The van der Waals surface area contributed by atoms with E-state index in [4.69, 9.17) is 4.74 Å². The van der Waals surface area contributed by atoms with Gasteiger partial charge in [0.05, 0.1) is 18.9 Å². The van der Waals surface area contributed by atoms with E-state index in [1.54, 1.807) is 73.1 Å². The first-order valence-corrected chi connectivity index (χ1v) is 9.94. The largest absolute Gasteiger partial charge is 0.469 e. The van der Waals surface area contributed by atoms with Crippen LogP contribution in [0.2, 0.25) is 0 Å². The molecule has 3 aliphatic rings.